The molecule has 0 aromatic carbocycles. The average molecular weight is 497 g/mol. The van der Waals surface area contributed by atoms with Gasteiger partial charge in [-0.25, -0.2) is 8.98 Å². The number of nitrogens with one attached hydrogen (secondary N) is 1. The molecule has 8 N–H and O–H groups in total. The van der Waals surface area contributed by atoms with Gasteiger partial charge in [0, 0.05) is 0 Å². The van der Waals surface area contributed by atoms with Crippen molar-refractivity contribution in [2.45, 2.75) is 42.9 Å². The predicted molar refractivity (Wildman–Crippen MR) is 91.5 cm³/mol. The van der Waals surface area contributed by atoms with Crippen LogP contribution in [-0.4, -0.2) is 113 Å². The van der Waals surface area contributed by atoms with Gasteiger partial charge in [0.25, 0.3) is 0 Å². The first-order valence-corrected chi connectivity index (χ1v) is 10.7. The number of ether oxygens (including phenoxy) is 2. The maximum Gasteiger partial charge on any atom is 0.397 e. The van der Waals surface area contributed by atoms with E-state index in [0.29, 0.717) is 6.08 Å². The average Bonchev–Trinajstić information content (AvgIpc) is 2.63. The van der Waals surface area contributed by atoms with Crippen LogP contribution in [0.4, 0.5) is 0 Å². The van der Waals surface area contributed by atoms with Crippen LogP contribution in [0.1, 0.15) is 0 Å². The van der Waals surface area contributed by atoms with E-state index in [9.17, 15) is 46.9 Å². The minimum absolute atomic E-state index is 0.263. The summed E-state index contributed by atoms with van der Waals surface area (Å²) >= 11 is 0. The van der Waals surface area contributed by atoms with E-state index in [1.54, 1.807) is 0 Å². The van der Waals surface area contributed by atoms with Gasteiger partial charge in [0.2, 0.25) is 12.0 Å². The van der Waals surface area contributed by atoms with Gasteiger partial charge in [0.15, 0.2) is 0 Å². The maximum atomic E-state index is 11.1. The summed E-state index contributed by atoms with van der Waals surface area (Å²) in [6, 6.07) is -2.24. The normalized spacial score (nSPS) is 26.1. The third kappa shape index (κ3) is 8.70. The number of hydrogen-bond donors (Lipinski definition) is 8. The van der Waals surface area contributed by atoms with E-state index in [4.69, 9.17) is 23.7 Å². The quantitative estimate of drug-likeness (QED) is 0.0924. The molecule has 19 heteroatoms. The molecule has 7 atom stereocenters. The second kappa shape index (κ2) is 10.7. The number of carbonyl (C=O) groups excluding carboxylic acids is 1. The Kier molecular flexibility index (Phi) is 9.40. The molecular weight excluding hydrogens is 478 g/mol. The lowest BCUT2D eigenvalue weighted by Gasteiger charge is -2.36. The van der Waals surface area contributed by atoms with Crippen LogP contribution >= 0.6 is 0 Å². The van der Waals surface area contributed by atoms with Gasteiger partial charge in [-0.05, 0) is 6.08 Å². The van der Waals surface area contributed by atoms with Crippen molar-refractivity contribution in [3.63, 3.8) is 0 Å². The second-order valence-electron chi connectivity index (χ2n) is 5.93. The van der Waals surface area contributed by atoms with Gasteiger partial charge in [-0.2, -0.15) is 21.6 Å². The number of rotatable bonds is 12. The van der Waals surface area contributed by atoms with Crippen LogP contribution in [0.2, 0.25) is 0 Å². The van der Waals surface area contributed by atoms with Crippen molar-refractivity contribution in [1.29, 1.82) is 0 Å². The minimum Gasteiger partial charge on any atom is -0.475 e. The van der Waals surface area contributed by atoms with E-state index in [-0.39, 0.29) is 6.29 Å². The van der Waals surface area contributed by atoms with Crippen molar-refractivity contribution in [2.75, 3.05) is 6.61 Å². The van der Waals surface area contributed by atoms with E-state index in [2.05, 4.69) is 4.18 Å². The lowest BCUT2D eigenvalue weighted by molar-refractivity contribution is -0.255. The molecule has 31 heavy (non-hydrogen) atoms. The predicted octanol–water partition coefficient (Wildman–Crippen LogP) is -5.08. The van der Waals surface area contributed by atoms with Crippen LogP contribution < -0.4 is 4.72 Å². The van der Waals surface area contributed by atoms with Crippen LogP contribution in [0.25, 0.3) is 0 Å². The van der Waals surface area contributed by atoms with E-state index >= 15 is 0 Å². The molecule has 0 unspecified atom stereocenters. The number of carbonyl (C=O) groups is 2. The van der Waals surface area contributed by atoms with E-state index in [1.807, 2.05) is 0 Å². The largest absolute Gasteiger partial charge is 0.475 e. The Hall–Kier alpha value is -1.78. The van der Waals surface area contributed by atoms with Gasteiger partial charge in [0.05, 0.1) is 6.61 Å². The fraction of sp³-hybridized carbons (Fsp3) is 0.667. The molecule has 0 fully saturated rings. The van der Waals surface area contributed by atoms with Crippen LogP contribution in [0, 0.1) is 0 Å². The standard InChI is InChI=1S/C12H19NO16S2/c14-2-4(13-30(21,22)23)8(17)10(6(16)3-27-31(24,25)26)29-12-9(18)5(15)1-7(28-12)11(19)20/h1-2,4-6,8-10,12-13,15-18H,3H2,(H,19,20)(H,21,22,23)(H,24,25,26)/t4-,5-,6-,8-,9+,10+,12-/m0/s1. The first-order chi connectivity index (χ1) is 14.1. The fourth-order valence-corrected chi connectivity index (χ4v) is 3.09. The van der Waals surface area contributed by atoms with Gasteiger partial charge in [-0.1, -0.05) is 0 Å². The Morgan fingerprint density at radius 3 is 2.26 bits per heavy atom. The van der Waals surface area contributed by atoms with E-state index in [0.717, 1.165) is 0 Å². The van der Waals surface area contributed by atoms with Gasteiger partial charge < -0.3 is 39.8 Å². The number of aliphatic hydroxyl groups is 4. The molecule has 0 spiro atoms. The van der Waals surface area contributed by atoms with Crippen LogP contribution in [-0.2, 0) is 43.9 Å². The highest BCUT2D eigenvalue weighted by Gasteiger charge is 2.43. The summed E-state index contributed by atoms with van der Waals surface area (Å²) in [7, 11) is -10.2. The summed E-state index contributed by atoms with van der Waals surface area (Å²) in [5, 5.41) is 48.8. The molecule has 1 aliphatic heterocycles. The zero-order chi connectivity index (χ0) is 24.1. The minimum atomic E-state index is -5.13. The van der Waals surface area contributed by atoms with Crippen molar-refractivity contribution in [3.05, 3.63) is 11.8 Å². The lowest BCUT2D eigenvalue weighted by Crippen LogP contribution is -2.57. The Labute approximate surface area is 174 Å². The Bertz CT molecular complexity index is 884. The summed E-state index contributed by atoms with van der Waals surface area (Å²) in [4.78, 5) is 22.1. The first kappa shape index (κ1) is 27.3. The lowest BCUT2D eigenvalue weighted by atomic mass is 10.0. The molecule has 0 radical (unpaired) electrons. The molecule has 0 saturated heterocycles. The molecule has 17 nitrogen and oxygen atoms in total. The molecule has 0 aliphatic carbocycles. The zero-order valence-corrected chi connectivity index (χ0v) is 16.7. The topological polar surface area (TPSA) is 284 Å². The van der Waals surface area contributed by atoms with Crippen molar-refractivity contribution < 1.29 is 74.7 Å². The SMILES string of the molecule is O=C[C@H](NS(=O)(=O)O)[C@H](O)[C@H](O[C@@H]1OC(C(=O)O)=C[C@H](O)[C@H]1O)[C@@H](O)COS(=O)(=O)O. The Morgan fingerprint density at radius 1 is 1.23 bits per heavy atom. The molecule has 1 aliphatic rings. The number of aliphatic hydroxyl groups excluding tert-OH is 4. The molecule has 1 heterocycles. The van der Waals surface area contributed by atoms with Gasteiger partial charge >= 0.3 is 26.7 Å². The smallest absolute Gasteiger partial charge is 0.397 e. The highest BCUT2D eigenvalue weighted by atomic mass is 32.3. The Morgan fingerprint density at radius 2 is 1.81 bits per heavy atom. The van der Waals surface area contributed by atoms with Crippen molar-refractivity contribution in [2.24, 2.45) is 0 Å². The molecule has 0 bridgehead atoms. The number of aldehydes is 1. The highest BCUT2D eigenvalue weighted by molar-refractivity contribution is 7.83. The zero-order valence-electron chi connectivity index (χ0n) is 15.0. The van der Waals surface area contributed by atoms with Gasteiger partial charge in [0.1, 0.15) is 42.8 Å². The summed E-state index contributed by atoms with van der Waals surface area (Å²) in [5.74, 6) is -2.67. The summed E-state index contributed by atoms with van der Waals surface area (Å²) < 4.78 is 75.4. The van der Waals surface area contributed by atoms with Crippen molar-refractivity contribution in [3.8, 4) is 0 Å². The van der Waals surface area contributed by atoms with Crippen LogP contribution in [0.5, 0.6) is 0 Å². The number of hydrogen-bond acceptors (Lipinski definition) is 13. The second-order valence-corrected chi connectivity index (χ2v) is 8.21. The van der Waals surface area contributed by atoms with Crippen molar-refractivity contribution in [1.82, 2.24) is 4.72 Å². The molecule has 0 saturated carbocycles. The van der Waals surface area contributed by atoms with Crippen molar-refractivity contribution >= 4 is 33.0 Å². The van der Waals surface area contributed by atoms with Gasteiger partial charge in [-0.3, -0.25) is 9.11 Å². The molecule has 0 aromatic rings. The molecular formula is C12H19NO16S2. The summed E-state index contributed by atoms with van der Waals surface area (Å²) in [5.41, 5.74) is 0. The monoisotopic (exact) mass is 497 g/mol. The third-order valence-electron chi connectivity index (χ3n) is 3.60. The van der Waals surface area contributed by atoms with E-state index < -0.39 is 81.9 Å². The molecule has 1 rings (SSSR count). The highest BCUT2D eigenvalue weighted by Crippen LogP contribution is 2.23. The third-order valence-corrected chi connectivity index (χ3v) is 4.60. The summed E-state index contributed by atoms with van der Waals surface area (Å²) in [6.45, 7) is -1.36. The maximum absolute atomic E-state index is 11.1. The Balaban J connectivity index is 3.21. The molecule has 0 aromatic heterocycles. The molecule has 0 amide bonds. The first-order valence-electron chi connectivity index (χ1n) is 7.87. The van der Waals surface area contributed by atoms with Crippen LogP contribution in [0.15, 0.2) is 11.8 Å². The molecule has 180 valence electrons. The number of aliphatic carboxylic acids is 1. The fourth-order valence-electron chi connectivity index (χ4n) is 2.24. The van der Waals surface area contributed by atoms with Gasteiger partial charge in [-0.15, -0.1) is 0 Å². The summed E-state index contributed by atoms with van der Waals surface area (Å²) in [6.07, 6.45) is -12.9. The van der Waals surface area contributed by atoms with Crippen LogP contribution in [0.3, 0.4) is 0 Å². The number of carboxylic acid groups (broad SMARTS) is 1. The van der Waals surface area contributed by atoms with E-state index in [1.165, 1.54) is 4.72 Å². The number of carboxylic acids is 1.